The molecule has 0 bridgehead atoms. The second-order valence-corrected chi connectivity index (χ2v) is 8.69. The van der Waals surface area contributed by atoms with Gasteiger partial charge < -0.3 is 15.3 Å². The lowest BCUT2D eigenvalue weighted by atomic mass is 10.2. The summed E-state index contributed by atoms with van der Waals surface area (Å²) >= 11 is 0. The summed E-state index contributed by atoms with van der Waals surface area (Å²) in [5.41, 5.74) is 3.39. The van der Waals surface area contributed by atoms with Crippen LogP contribution in [0.2, 0.25) is 0 Å². The summed E-state index contributed by atoms with van der Waals surface area (Å²) < 4.78 is 0. The van der Waals surface area contributed by atoms with Crippen molar-refractivity contribution >= 4 is 10.9 Å². The fourth-order valence-corrected chi connectivity index (χ4v) is 5.21. The lowest BCUT2D eigenvalue weighted by Crippen LogP contribution is -2.06. The van der Waals surface area contributed by atoms with Gasteiger partial charge in [0.05, 0.1) is 10.9 Å². The molecule has 0 aromatic heterocycles. The standard InChI is InChI=1S/C24H27O3S/c25-16-13-19-1-7-22(8-2-19)28(23-9-3-20(4-10-23)14-17-26)24-11-5-21(6-12-24)15-18-27/h1-12,25-27H,13-18H2/q+1. The van der Waals surface area contributed by atoms with Crippen LogP contribution >= 0.6 is 0 Å². The van der Waals surface area contributed by atoms with Crippen molar-refractivity contribution in [1.29, 1.82) is 0 Å². The first kappa shape index (κ1) is 20.6. The van der Waals surface area contributed by atoms with E-state index in [0.29, 0.717) is 19.3 Å². The number of aliphatic hydroxyl groups excluding tert-OH is 3. The Morgan fingerprint density at radius 3 is 0.893 bits per heavy atom. The minimum Gasteiger partial charge on any atom is -0.396 e. The van der Waals surface area contributed by atoms with Crippen LogP contribution in [-0.2, 0) is 30.2 Å². The van der Waals surface area contributed by atoms with Gasteiger partial charge in [0.2, 0.25) is 0 Å². The molecule has 0 fully saturated rings. The molecule has 3 rings (SSSR count). The van der Waals surface area contributed by atoms with E-state index in [0.717, 1.165) is 16.7 Å². The lowest BCUT2D eigenvalue weighted by molar-refractivity contribution is 0.299. The molecule has 0 heterocycles. The predicted molar refractivity (Wildman–Crippen MR) is 114 cm³/mol. The van der Waals surface area contributed by atoms with E-state index in [1.807, 2.05) is 0 Å². The van der Waals surface area contributed by atoms with Gasteiger partial charge in [-0.25, -0.2) is 0 Å². The summed E-state index contributed by atoms with van der Waals surface area (Å²) in [6.45, 7) is 0.469. The van der Waals surface area contributed by atoms with Gasteiger partial charge in [-0.2, -0.15) is 0 Å². The monoisotopic (exact) mass is 395 g/mol. The van der Waals surface area contributed by atoms with Gasteiger partial charge in [0.15, 0.2) is 14.7 Å². The van der Waals surface area contributed by atoms with Gasteiger partial charge in [-0.1, -0.05) is 36.4 Å². The Hall–Kier alpha value is -2.11. The summed E-state index contributed by atoms with van der Waals surface area (Å²) in [7, 11) is -0.239. The highest BCUT2D eigenvalue weighted by Crippen LogP contribution is 2.32. The average Bonchev–Trinajstić information content (AvgIpc) is 2.73. The van der Waals surface area contributed by atoms with Crippen molar-refractivity contribution < 1.29 is 15.3 Å². The fourth-order valence-electron chi connectivity index (χ4n) is 3.17. The molecule has 0 radical (unpaired) electrons. The summed E-state index contributed by atoms with van der Waals surface area (Å²) in [5, 5.41) is 27.5. The minimum absolute atomic E-state index is 0.156. The maximum absolute atomic E-state index is 9.16. The third-order valence-corrected chi connectivity index (χ3v) is 6.91. The number of aliphatic hydroxyl groups is 3. The number of benzene rings is 3. The van der Waals surface area contributed by atoms with E-state index >= 15 is 0 Å². The molecule has 0 unspecified atom stereocenters. The first-order valence-electron chi connectivity index (χ1n) is 9.59. The highest BCUT2D eigenvalue weighted by Gasteiger charge is 2.28. The van der Waals surface area contributed by atoms with Crippen LogP contribution in [0.1, 0.15) is 16.7 Å². The SMILES string of the molecule is OCCc1ccc([S+](c2ccc(CCO)cc2)c2ccc(CCO)cc2)cc1. The number of hydrogen-bond donors (Lipinski definition) is 3. The van der Waals surface area contributed by atoms with Crippen LogP contribution in [0.25, 0.3) is 0 Å². The van der Waals surface area contributed by atoms with Crippen LogP contribution in [-0.4, -0.2) is 35.1 Å². The Bertz CT molecular complexity index is 725. The molecule has 3 aromatic rings. The molecule has 0 saturated carbocycles. The molecule has 0 amide bonds. The first-order valence-corrected chi connectivity index (χ1v) is 10.8. The van der Waals surface area contributed by atoms with Crippen molar-refractivity contribution in [3.8, 4) is 0 Å². The van der Waals surface area contributed by atoms with Crippen molar-refractivity contribution in [1.82, 2.24) is 0 Å². The van der Waals surface area contributed by atoms with Crippen molar-refractivity contribution in [3.05, 3.63) is 89.5 Å². The Kier molecular flexibility index (Phi) is 7.69. The van der Waals surface area contributed by atoms with Crippen LogP contribution in [0, 0.1) is 0 Å². The number of rotatable bonds is 9. The maximum Gasteiger partial charge on any atom is 0.166 e. The van der Waals surface area contributed by atoms with Gasteiger partial charge in [-0.15, -0.1) is 0 Å². The topological polar surface area (TPSA) is 60.7 Å². The van der Waals surface area contributed by atoms with Gasteiger partial charge in [-0.3, -0.25) is 0 Å². The molecule has 28 heavy (non-hydrogen) atoms. The van der Waals surface area contributed by atoms with E-state index in [2.05, 4.69) is 72.8 Å². The Balaban J connectivity index is 1.97. The summed E-state index contributed by atoms with van der Waals surface area (Å²) in [6.07, 6.45) is 2.00. The molecular weight excluding hydrogens is 368 g/mol. The summed E-state index contributed by atoms with van der Waals surface area (Å²) in [4.78, 5) is 3.68. The Morgan fingerprint density at radius 1 is 0.429 bits per heavy atom. The Labute approximate surface area is 169 Å². The number of hydrogen-bond acceptors (Lipinski definition) is 3. The van der Waals surface area contributed by atoms with E-state index < -0.39 is 0 Å². The molecule has 0 atom stereocenters. The van der Waals surface area contributed by atoms with E-state index in [-0.39, 0.29) is 30.7 Å². The highest BCUT2D eigenvalue weighted by atomic mass is 32.2. The maximum atomic E-state index is 9.16. The van der Waals surface area contributed by atoms with E-state index in [4.69, 9.17) is 15.3 Å². The van der Waals surface area contributed by atoms with Crippen molar-refractivity contribution in [2.75, 3.05) is 19.8 Å². The van der Waals surface area contributed by atoms with Crippen molar-refractivity contribution in [2.45, 2.75) is 33.9 Å². The van der Waals surface area contributed by atoms with Gasteiger partial charge >= 0.3 is 0 Å². The summed E-state index contributed by atoms with van der Waals surface area (Å²) in [5.74, 6) is 0. The first-order chi connectivity index (χ1) is 13.7. The van der Waals surface area contributed by atoms with Crippen molar-refractivity contribution in [2.24, 2.45) is 0 Å². The Morgan fingerprint density at radius 2 is 0.679 bits per heavy atom. The lowest BCUT2D eigenvalue weighted by Gasteiger charge is -2.10. The summed E-state index contributed by atoms with van der Waals surface area (Å²) in [6, 6.07) is 25.4. The molecule has 0 spiro atoms. The van der Waals surface area contributed by atoms with Gasteiger partial charge in [-0.05, 0) is 72.4 Å². The zero-order valence-electron chi connectivity index (χ0n) is 15.9. The highest BCUT2D eigenvalue weighted by molar-refractivity contribution is 7.97. The van der Waals surface area contributed by atoms with E-state index in [9.17, 15) is 0 Å². The smallest absolute Gasteiger partial charge is 0.166 e. The fraction of sp³-hybridized carbons (Fsp3) is 0.250. The largest absolute Gasteiger partial charge is 0.396 e. The van der Waals surface area contributed by atoms with Crippen LogP contribution in [0.15, 0.2) is 87.5 Å². The molecule has 4 heteroatoms. The molecule has 3 aromatic carbocycles. The molecule has 0 aliphatic heterocycles. The zero-order valence-corrected chi connectivity index (χ0v) is 16.7. The molecular formula is C24H27O3S+. The van der Waals surface area contributed by atoms with Crippen LogP contribution < -0.4 is 0 Å². The van der Waals surface area contributed by atoms with Crippen LogP contribution in [0.5, 0.6) is 0 Å². The predicted octanol–water partition coefficient (Wildman–Crippen LogP) is 3.39. The zero-order chi connectivity index (χ0) is 19.8. The van der Waals surface area contributed by atoms with Crippen LogP contribution in [0.4, 0.5) is 0 Å². The molecule has 0 aliphatic rings. The molecule has 0 saturated heterocycles. The third kappa shape index (κ3) is 5.24. The van der Waals surface area contributed by atoms with Gasteiger partial charge in [0.25, 0.3) is 0 Å². The quantitative estimate of drug-likeness (QED) is 0.487. The second kappa shape index (κ2) is 10.4. The molecule has 146 valence electrons. The molecule has 3 nitrogen and oxygen atoms in total. The van der Waals surface area contributed by atoms with Crippen LogP contribution in [0.3, 0.4) is 0 Å². The van der Waals surface area contributed by atoms with Crippen molar-refractivity contribution in [3.63, 3.8) is 0 Å². The van der Waals surface area contributed by atoms with E-state index in [1.165, 1.54) is 14.7 Å². The third-order valence-electron chi connectivity index (χ3n) is 4.68. The average molecular weight is 396 g/mol. The van der Waals surface area contributed by atoms with Gasteiger partial charge in [0.1, 0.15) is 0 Å². The van der Waals surface area contributed by atoms with E-state index in [1.54, 1.807) is 0 Å². The normalized spacial score (nSPS) is 11.1. The van der Waals surface area contributed by atoms with Gasteiger partial charge in [0, 0.05) is 19.8 Å². The second-order valence-electron chi connectivity index (χ2n) is 6.66. The molecule has 0 aliphatic carbocycles. The minimum atomic E-state index is -0.239. The molecule has 3 N–H and O–H groups in total.